The van der Waals surface area contributed by atoms with E-state index in [0.29, 0.717) is 22.5 Å². The van der Waals surface area contributed by atoms with Crippen LogP contribution < -0.4 is 0 Å². The van der Waals surface area contributed by atoms with Crippen molar-refractivity contribution >= 4 is 43.5 Å². The van der Waals surface area contributed by atoms with Gasteiger partial charge < -0.3 is 5.11 Å². The van der Waals surface area contributed by atoms with Gasteiger partial charge in [-0.3, -0.25) is 4.79 Å². The van der Waals surface area contributed by atoms with Crippen molar-refractivity contribution in [3.05, 3.63) is 27.7 Å². The molecule has 5 nitrogen and oxygen atoms in total. The minimum Gasteiger partial charge on any atom is -0.481 e. The van der Waals surface area contributed by atoms with Gasteiger partial charge in [0.1, 0.15) is 0 Å². The Bertz CT molecular complexity index is 664. The molecule has 1 heterocycles. The summed E-state index contributed by atoms with van der Waals surface area (Å²) in [5.74, 6) is -1.65. The van der Waals surface area contributed by atoms with Crippen LogP contribution in [0.5, 0.6) is 0 Å². The van der Waals surface area contributed by atoms with Crippen molar-refractivity contribution in [3.8, 4) is 0 Å². The smallest absolute Gasteiger partial charge is 0.307 e. The van der Waals surface area contributed by atoms with Gasteiger partial charge in [0, 0.05) is 22.6 Å². The average molecular weight is 397 g/mol. The molecule has 1 fully saturated rings. The topological polar surface area (TPSA) is 74.7 Å². The highest BCUT2D eigenvalue weighted by Gasteiger charge is 2.36. The number of carbonyl (C=O) groups is 1. The maximum atomic E-state index is 12.7. The van der Waals surface area contributed by atoms with E-state index in [1.165, 1.54) is 10.4 Å². The molecule has 0 aromatic heterocycles. The average Bonchev–Trinajstić information content (AvgIpc) is 2.40. The quantitative estimate of drug-likeness (QED) is 0.852. The summed E-state index contributed by atoms with van der Waals surface area (Å²) in [7, 11) is -3.78. The van der Waals surface area contributed by atoms with Crippen molar-refractivity contribution in [3.63, 3.8) is 0 Å². The maximum absolute atomic E-state index is 12.7. The molecular formula is C13H15BrClNO4S. The van der Waals surface area contributed by atoms with Crippen LogP contribution in [0.1, 0.15) is 13.3 Å². The lowest BCUT2D eigenvalue weighted by atomic mass is 9.92. The van der Waals surface area contributed by atoms with Crippen LogP contribution in [0.3, 0.4) is 0 Å². The van der Waals surface area contributed by atoms with Gasteiger partial charge in [0.15, 0.2) is 0 Å². The summed E-state index contributed by atoms with van der Waals surface area (Å²) < 4.78 is 27.1. The lowest BCUT2D eigenvalue weighted by molar-refractivity contribution is -0.143. The Labute approximate surface area is 137 Å². The first-order chi connectivity index (χ1) is 9.71. The molecule has 8 heteroatoms. The molecule has 2 atom stereocenters. The van der Waals surface area contributed by atoms with Crippen LogP contribution in [-0.2, 0) is 14.8 Å². The zero-order valence-electron chi connectivity index (χ0n) is 11.3. The van der Waals surface area contributed by atoms with Crippen molar-refractivity contribution in [1.29, 1.82) is 0 Å². The highest BCUT2D eigenvalue weighted by atomic mass is 79.9. The molecule has 116 valence electrons. The number of sulfonamides is 1. The summed E-state index contributed by atoms with van der Waals surface area (Å²) in [5, 5.41) is 9.47. The number of benzene rings is 1. The van der Waals surface area contributed by atoms with E-state index in [-0.39, 0.29) is 17.4 Å². The summed E-state index contributed by atoms with van der Waals surface area (Å²) in [6.45, 7) is 2.15. The molecule has 0 saturated carbocycles. The van der Waals surface area contributed by atoms with Gasteiger partial charge in [0.25, 0.3) is 0 Å². The maximum Gasteiger partial charge on any atom is 0.307 e. The van der Waals surface area contributed by atoms with Gasteiger partial charge in [-0.2, -0.15) is 4.31 Å². The van der Waals surface area contributed by atoms with Gasteiger partial charge in [0.2, 0.25) is 10.0 Å². The number of hydrogen-bond acceptors (Lipinski definition) is 3. The van der Waals surface area contributed by atoms with Crippen LogP contribution in [0, 0.1) is 11.8 Å². The largest absolute Gasteiger partial charge is 0.481 e. The van der Waals surface area contributed by atoms with Crippen LogP contribution in [0.4, 0.5) is 0 Å². The standard InChI is InChI=1S/C13H15BrClNO4S/c1-8-4-9(13(17)18)7-16(6-8)21(19,20)12-5-10(15)2-3-11(12)14/h2-3,5,8-9H,4,6-7H2,1H3,(H,17,18). The number of halogens is 2. The van der Waals surface area contributed by atoms with E-state index in [2.05, 4.69) is 15.9 Å². The minimum absolute atomic E-state index is 0.00687. The molecule has 1 aliphatic rings. The third-order valence-corrected chi connectivity index (χ3v) is 6.55. The summed E-state index contributed by atoms with van der Waals surface area (Å²) in [6, 6.07) is 4.52. The first-order valence-electron chi connectivity index (χ1n) is 6.40. The van der Waals surface area contributed by atoms with Crippen molar-refractivity contribution in [2.45, 2.75) is 18.2 Å². The van der Waals surface area contributed by atoms with E-state index in [0.717, 1.165) is 0 Å². The third kappa shape index (κ3) is 3.59. The number of piperidine rings is 1. The van der Waals surface area contributed by atoms with E-state index in [1.807, 2.05) is 6.92 Å². The Morgan fingerprint density at radius 3 is 2.71 bits per heavy atom. The molecule has 2 unspecified atom stereocenters. The molecule has 0 aliphatic carbocycles. The Morgan fingerprint density at radius 2 is 2.10 bits per heavy atom. The fourth-order valence-corrected chi connectivity index (χ4v) is 5.28. The molecule has 1 saturated heterocycles. The minimum atomic E-state index is -3.78. The molecule has 1 aliphatic heterocycles. The van der Waals surface area contributed by atoms with E-state index >= 15 is 0 Å². The van der Waals surface area contributed by atoms with Gasteiger partial charge in [-0.15, -0.1) is 0 Å². The predicted molar refractivity (Wildman–Crippen MR) is 82.8 cm³/mol. The second-order valence-corrected chi connectivity index (χ2v) is 8.47. The Morgan fingerprint density at radius 1 is 1.43 bits per heavy atom. The van der Waals surface area contributed by atoms with Crippen LogP contribution in [0.2, 0.25) is 5.02 Å². The number of nitrogens with zero attached hydrogens (tertiary/aromatic N) is 1. The Hall–Kier alpha value is -0.630. The van der Waals surface area contributed by atoms with Gasteiger partial charge >= 0.3 is 5.97 Å². The molecule has 1 aromatic rings. The first-order valence-corrected chi connectivity index (χ1v) is 9.01. The van der Waals surface area contributed by atoms with Gasteiger partial charge in [-0.05, 0) is 46.5 Å². The van der Waals surface area contributed by atoms with Gasteiger partial charge in [-0.25, -0.2) is 8.42 Å². The van der Waals surface area contributed by atoms with Gasteiger partial charge in [-0.1, -0.05) is 18.5 Å². The van der Waals surface area contributed by atoms with Crippen molar-refractivity contribution < 1.29 is 18.3 Å². The fraction of sp³-hybridized carbons (Fsp3) is 0.462. The number of carboxylic acids is 1. The van der Waals surface area contributed by atoms with Crippen LogP contribution >= 0.6 is 27.5 Å². The Balaban J connectivity index is 2.38. The molecule has 21 heavy (non-hydrogen) atoms. The highest BCUT2D eigenvalue weighted by molar-refractivity contribution is 9.10. The van der Waals surface area contributed by atoms with E-state index in [4.69, 9.17) is 16.7 Å². The second-order valence-electron chi connectivity index (χ2n) is 5.27. The zero-order chi connectivity index (χ0) is 15.8. The van der Waals surface area contributed by atoms with Crippen molar-refractivity contribution in [2.24, 2.45) is 11.8 Å². The SMILES string of the molecule is CC1CC(C(=O)O)CN(S(=O)(=O)c2cc(Cl)ccc2Br)C1. The highest BCUT2D eigenvalue weighted by Crippen LogP contribution is 2.32. The monoisotopic (exact) mass is 395 g/mol. The number of hydrogen-bond donors (Lipinski definition) is 1. The van der Waals surface area contributed by atoms with Gasteiger partial charge in [0.05, 0.1) is 10.8 Å². The molecule has 0 bridgehead atoms. The lowest BCUT2D eigenvalue weighted by Crippen LogP contribution is -2.45. The van der Waals surface area contributed by atoms with Crippen LogP contribution in [-0.4, -0.2) is 36.9 Å². The lowest BCUT2D eigenvalue weighted by Gasteiger charge is -2.33. The predicted octanol–water partition coefficient (Wildman–Crippen LogP) is 2.83. The molecular weight excluding hydrogens is 382 g/mol. The van der Waals surface area contributed by atoms with Crippen LogP contribution in [0.25, 0.3) is 0 Å². The third-order valence-electron chi connectivity index (χ3n) is 3.49. The summed E-state index contributed by atoms with van der Waals surface area (Å²) in [6.07, 6.45) is 0.484. The molecule has 0 amide bonds. The summed E-state index contributed by atoms with van der Waals surface area (Å²) >= 11 is 9.08. The molecule has 1 aromatic carbocycles. The normalized spacial score (nSPS) is 24.0. The van der Waals surface area contributed by atoms with Crippen molar-refractivity contribution in [2.75, 3.05) is 13.1 Å². The number of carboxylic acid groups (broad SMARTS) is 1. The number of aliphatic carboxylic acids is 1. The van der Waals surface area contributed by atoms with E-state index in [1.54, 1.807) is 12.1 Å². The molecule has 1 N–H and O–H groups in total. The van der Waals surface area contributed by atoms with Crippen molar-refractivity contribution in [1.82, 2.24) is 4.31 Å². The summed E-state index contributed by atoms with van der Waals surface area (Å²) in [5.41, 5.74) is 0. The fourth-order valence-electron chi connectivity index (χ4n) is 2.49. The molecule has 0 spiro atoms. The second kappa shape index (κ2) is 6.24. The van der Waals surface area contributed by atoms with Crippen LogP contribution in [0.15, 0.2) is 27.6 Å². The van der Waals surface area contributed by atoms with E-state index < -0.39 is 21.9 Å². The molecule has 0 radical (unpaired) electrons. The molecule has 2 rings (SSSR count). The number of rotatable bonds is 3. The summed E-state index contributed by atoms with van der Waals surface area (Å²) in [4.78, 5) is 11.2. The Kier molecular flexibility index (Phi) is 4.97. The zero-order valence-corrected chi connectivity index (χ0v) is 14.4. The van der Waals surface area contributed by atoms with E-state index in [9.17, 15) is 13.2 Å². The first kappa shape index (κ1) is 16.7.